The Hall–Kier alpha value is -1.91. The number of hydrogen-bond acceptors (Lipinski definition) is 4. The fraction of sp³-hybridized carbons (Fsp3) is 0.800. The van der Waals surface area contributed by atoms with Crippen LogP contribution in [0, 0.1) is 0 Å². The molecule has 0 radical (unpaired) electrons. The average molecular weight is 563 g/mol. The molecule has 0 aliphatic carbocycles. The molecule has 0 spiro atoms. The normalized spacial score (nSPS) is 11.3. The van der Waals surface area contributed by atoms with Gasteiger partial charge in [-0.3, -0.25) is 0 Å². The van der Waals surface area contributed by atoms with E-state index < -0.39 is 17.5 Å². The lowest BCUT2D eigenvalue weighted by atomic mass is 9.90. The minimum atomic E-state index is -1.18. The van der Waals surface area contributed by atoms with Crippen LogP contribution in [0.25, 0.3) is 0 Å². The van der Waals surface area contributed by atoms with Crippen molar-refractivity contribution < 1.29 is 24.9 Å². The van der Waals surface area contributed by atoms with Crippen molar-refractivity contribution in [2.45, 2.75) is 175 Å². The topological polar surface area (TPSA) is 87.0 Å². The minimum Gasteiger partial charge on any atom is -0.504 e. The van der Waals surface area contributed by atoms with Crippen molar-refractivity contribution in [2.24, 2.45) is 0 Å². The highest BCUT2D eigenvalue weighted by atomic mass is 16.5. The Labute approximate surface area is 246 Å². The first kappa shape index (κ1) is 36.1. The number of benzene rings is 1. The molecule has 0 heterocycles. The molecule has 1 aromatic rings. The number of hydrogen-bond donors (Lipinski definition) is 3. The second kappa shape index (κ2) is 23.8. The highest BCUT2D eigenvalue weighted by molar-refractivity contribution is 5.95. The van der Waals surface area contributed by atoms with Gasteiger partial charge in [0.1, 0.15) is 5.56 Å². The van der Waals surface area contributed by atoms with Crippen LogP contribution in [0.5, 0.6) is 17.2 Å². The first-order chi connectivity index (χ1) is 19.5. The van der Waals surface area contributed by atoms with Gasteiger partial charge in [0.2, 0.25) is 5.75 Å². The van der Waals surface area contributed by atoms with E-state index in [1.807, 2.05) is 0 Å². The van der Waals surface area contributed by atoms with Gasteiger partial charge in [-0.2, -0.15) is 0 Å². The molecule has 1 aromatic carbocycles. The van der Waals surface area contributed by atoms with E-state index in [1.165, 1.54) is 89.9 Å². The van der Waals surface area contributed by atoms with E-state index in [-0.39, 0.29) is 5.56 Å². The van der Waals surface area contributed by atoms with Crippen LogP contribution < -0.4 is 4.74 Å². The highest BCUT2D eigenvalue weighted by Crippen LogP contribution is 2.45. The van der Waals surface area contributed by atoms with Gasteiger partial charge in [-0.15, -0.1) is 0 Å². The molecule has 5 heteroatoms. The predicted molar refractivity (Wildman–Crippen MR) is 168 cm³/mol. The maximum absolute atomic E-state index is 12.3. The van der Waals surface area contributed by atoms with Gasteiger partial charge < -0.3 is 20.1 Å². The van der Waals surface area contributed by atoms with Crippen LogP contribution in [0.2, 0.25) is 0 Å². The van der Waals surface area contributed by atoms with E-state index in [4.69, 9.17) is 4.74 Å². The standard InChI is InChI=1S/C35H62O5/c1-4-7-10-13-16-19-22-25-28-40-34-30(27-24-21-18-15-12-9-6-3)29(26-23-20-17-14-11-8-5-2)31(35(38)39)32(36)33(34)37/h36-37H,4-28H2,1-3H3,(H,38,39). The lowest BCUT2D eigenvalue weighted by Crippen LogP contribution is -2.11. The molecule has 0 aromatic heterocycles. The van der Waals surface area contributed by atoms with Crippen molar-refractivity contribution in [2.75, 3.05) is 6.61 Å². The van der Waals surface area contributed by atoms with Crippen LogP contribution in [-0.2, 0) is 12.8 Å². The zero-order chi connectivity index (χ0) is 29.4. The van der Waals surface area contributed by atoms with Crippen LogP contribution >= 0.6 is 0 Å². The van der Waals surface area contributed by atoms with Gasteiger partial charge in [0.15, 0.2) is 11.5 Å². The number of phenolic OH excluding ortho intramolecular Hbond substituents is 1. The third-order valence-electron chi connectivity index (χ3n) is 8.14. The van der Waals surface area contributed by atoms with Crippen LogP contribution in [0.4, 0.5) is 0 Å². The van der Waals surface area contributed by atoms with Crippen molar-refractivity contribution in [3.63, 3.8) is 0 Å². The Morgan fingerprint density at radius 2 is 0.900 bits per heavy atom. The molecule has 0 bridgehead atoms. The molecule has 0 aliphatic heterocycles. The molecule has 0 fully saturated rings. The maximum atomic E-state index is 12.3. The Bertz CT molecular complexity index is 789. The molecule has 5 nitrogen and oxygen atoms in total. The molecule has 0 aliphatic rings. The summed E-state index contributed by atoms with van der Waals surface area (Å²) in [6, 6.07) is 0. The fourth-order valence-electron chi connectivity index (χ4n) is 5.65. The first-order valence-electron chi connectivity index (χ1n) is 16.9. The number of carboxylic acid groups (broad SMARTS) is 1. The number of carboxylic acids is 1. The van der Waals surface area contributed by atoms with E-state index in [9.17, 15) is 20.1 Å². The molecular formula is C35H62O5. The number of phenols is 2. The number of aromatic hydroxyl groups is 2. The third-order valence-corrected chi connectivity index (χ3v) is 8.14. The van der Waals surface area contributed by atoms with Gasteiger partial charge in [-0.25, -0.2) is 4.79 Å². The Morgan fingerprint density at radius 1 is 0.525 bits per heavy atom. The maximum Gasteiger partial charge on any atom is 0.339 e. The van der Waals surface area contributed by atoms with E-state index in [0.29, 0.717) is 30.8 Å². The summed E-state index contributed by atoms with van der Waals surface area (Å²) in [6.45, 7) is 7.13. The number of aromatic carboxylic acids is 1. The minimum absolute atomic E-state index is 0.138. The SMILES string of the molecule is CCCCCCCCCCOc1c(O)c(O)c(C(=O)O)c(CCCCCCCCC)c1CCCCCCCCC. The second-order valence-electron chi connectivity index (χ2n) is 11.7. The molecule has 232 valence electrons. The largest absolute Gasteiger partial charge is 0.504 e. The van der Waals surface area contributed by atoms with E-state index in [2.05, 4.69) is 20.8 Å². The molecule has 40 heavy (non-hydrogen) atoms. The summed E-state index contributed by atoms with van der Waals surface area (Å²) >= 11 is 0. The summed E-state index contributed by atoms with van der Waals surface area (Å²) in [4.78, 5) is 12.3. The van der Waals surface area contributed by atoms with E-state index >= 15 is 0 Å². The van der Waals surface area contributed by atoms with Gasteiger partial charge in [-0.05, 0) is 37.7 Å². The molecule has 0 saturated carbocycles. The predicted octanol–water partition coefficient (Wildman–Crippen LogP) is 10.9. The molecule has 0 amide bonds. The zero-order valence-corrected chi connectivity index (χ0v) is 26.3. The van der Waals surface area contributed by atoms with Crippen molar-refractivity contribution in [3.8, 4) is 17.2 Å². The second-order valence-corrected chi connectivity index (χ2v) is 11.7. The summed E-state index contributed by atoms with van der Waals surface area (Å²) in [5.74, 6) is -1.81. The van der Waals surface area contributed by atoms with Crippen molar-refractivity contribution in [1.82, 2.24) is 0 Å². The lowest BCUT2D eigenvalue weighted by Gasteiger charge is -2.21. The number of carbonyl (C=O) groups is 1. The van der Waals surface area contributed by atoms with E-state index in [1.54, 1.807) is 0 Å². The highest BCUT2D eigenvalue weighted by Gasteiger charge is 2.28. The van der Waals surface area contributed by atoms with E-state index in [0.717, 1.165) is 56.9 Å². The molecule has 1 rings (SSSR count). The Kier molecular flexibility index (Phi) is 21.5. The monoisotopic (exact) mass is 562 g/mol. The first-order valence-corrected chi connectivity index (χ1v) is 16.9. The van der Waals surface area contributed by atoms with Crippen molar-refractivity contribution in [3.05, 3.63) is 16.7 Å². The van der Waals surface area contributed by atoms with Crippen LogP contribution in [0.15, 0.2) is 0 Å². The van der Waals surface area contributed by atoms with Crippen LogP contribution in [-0.4, -0.2) is 27.9 Å². The van der Waals surface area contributed by atoms with Gasteiger partial charge in [0.25, 0.3) is 0 Å². The van der Waals surface area contributed by atoms with Gasteiger partial charge in [0, 0.05) is 5.56 Å². The average Bonchev–Trinajstić information content (AvgIpc) is 2.94. The summed E-state index contributed by atoms with van der Waals surface area (Å²) in [5, 5.41) is 31.7. The molecule has 0 atom stereocenters. The Morgan fingerprint density at radius 3 is 1.32 bits per heavy atom. The summed E-state index contributed by atoms with van der Waals surface area (Å²) in [6.07, 6.45) is 26.9. The summed E-state index contributed by atoms with van der Waals surface area (Å²) in [7, 11) is 0. The summed E-state index contributed by atoms with van der Waals surface area (Å²) in [5.41, 5.74) is 1.32. The third kappa shape index (κ3) is 14.6. The number of unbranched alkanes of at least 4 members (excludes halogenated alkanes) is 19. The van der Waals surface area contributed by atoms with Gasteiger partial charge in [-0.1, -0.05) is 143 Å². The summed E-state index contributed by atoms with van der Waals surface area (Å²) < 4.78 is 6.15. The molecule has 0 saturated heterocycles. The molecule has 3 N–H and O–H groups in total. The molecular weight excluding hydrogens is 500 g/mol. The fourth-order valence-corrected chi connectivity index (χ4v) is 5.65. The molecule has 0 unspecified atom stereocenters. The zero-order valence-electron chi connectivity index (χ0n) is 26.3. The van der Waals surface area contributed by atoms with Gasteiger partial charge >= 0.3 is 5.97 Å². The lowest BCUT2D eigenvalue weighted by molar-refractivity contribution is 0.0691. The van der Waals surface area contributed by atoms with Crippen molar-refractivity contribution >= 4 is 5.97 Å². The smallest absolute Gasteiger partial charge is 0.339 e. The number of ether oxygens (including phenoxy) is 1. The van der Waals surface area contributed by atoms with Crippen LogP contribution in [0.1, 0.15) is 184 Å². The number of rotatable bonds is 27. The van der Waals surface area contributed by atoms with Crippen molar-refractivity contribution in [1.29, 1.82) is 0 Å². The van der Waals surface area contributed by atoms with Gasteiger partial charge in [0.05, 0.1) is 6.61 Å². The quantitative estimate of drug-likeness (QED) is 0.0733. The Balaban J connectivity index is 2.96. The van der Waals surface area contributed by atoms with Crippen LogP contribution in [0.3, 0.4) is 0 Å².